The van der Waals surface area contributed by atoms with Crippen LogP contribution in [0.25, 0.3) is 11.1 Å². The fourth-order valence-corrected chi connectivity index (χ4v) is 1.72. The number of hydrogen-bond donors (Lipinski definition) is 0. The van der Waals surface area contributed by atoms with Gasteiger partial charge in [0.2, 0.25) is 5.88 Å². The van der Waals surface area contributed by atoms with Gasteiger partial charge in [-0.3, -0.25) is 0 Å². The van der Waals surface area contributed by atoms with E-state index in [0.29, 0.717) is 11.9 Å². The molecule has 0 aliphatic rings. The molecule has 0 spiro atoms. The van der Waals surface area contributed by atoms with Gasteiger partial charge in [-0.05, 0) is 17.5 Å². The monoisotopic (exact) mass is 244 g/mol. The van der Waals surface area contributed by atoms with Crippen LogP contribution in [0.4, 0.5) is 0 Å². The van der Waals surface area contributed by atoms with Gasteiger partial charge in [0.1, 0.15) is 0 Å². The molecule has 0 saturated carbocycles. The fourth-order valence-electron chi connectivity index (χ4n) is 1.72. The molecule has 0 aliphatic carbocycles. The van der Waals surface area contributed by atoms with Gasteiger partial charge in [-0.2, -0.15) is 4.98 Å². The first kappa shape index (κ1) is 12.4. The third kappa shape index (κ3) is 2.42. The van der Waals surface area contributed by atoms with E-state index in [4.69, 9.17) is 9.47 Å². The highest BCUT2D eigenvalue weighted by Crippen LogP contribution is 2.28. The molecule has 0 amide bonds. The van der Waals surface area contributed by atoms with E-state index in [-0.39, 0.29) is 0 Å². The molecule has 94 valence electrons. The largest absolute Gasteiger partial charge is 0.480 e. The van der Waals surface area contributed by atoms with Gasteiger partial charge in [0, 0.05) is 6.20 Å². The van der Waals surface area contributed by atoms with Crippen LogP contribution in [-0.2, 0) is 6.42 Å². The van der Waals surface area contributed by atoms with Gasteiger partial charge in [0.25, 0.3) is 0 Å². The first-order chi connectivity index (χ1) is 8.78. The molecule has 0 fully saturated rings. The lowest BCUT2D eigenvalue weighted by atomic mass is 10.1. The van der Waals surface area contributed by atoms with Crippen molar-refractivity contribution >= 4 is 0 Å². The summed E-state index contributed by atoms with van der Waals surface area (Å²) in [5, 5.41) is 0. The second kappa shape index (κ2) is 5.49. The summed E-state index contributed by atoms with van der Waals surface area (Å²) in [7, 11) is 3.12. The Bertz CT molecular complexity index is 524. The van der Waals surface area contributed by atoms with Crippen LogP contribution in [0.2, 0.25) is 0 Å². The zero-order valence-electron chi connectivity index (χ0n) is 10.8. The molecule has 0 unspecified atom stereocenters. The molecule has 0 bridgehead atoms. The first-order valence-corrected chi connectivity index (χ1v) is 5.82. The molecule has 1 aromatic carbocycles. The average Bonchev–Trinajstić information content (AvgIpc) is 2.46. The number of hydrogen-bond acceptors (Lipinski definition) is 4. The maximum atomic E-state index is 5.27. The van der Waals surface area contributed by atoms with Crippen LogP contribution in [-0.4, -0.2) is 24.2 Å². The summed E-state index contributed by atoms with van der Waals surface area (Å²) < 4.78 is 10.2. The van der Waals surface area contributed by atoms with Crippen LogP contribution in [0.1, 0.15) is 12.5 Å². The topological polar surface area (TPSA) is 44.2 Å². The van der Waals surface area contributed by atoms with Crippen LogP contribution in [0, 0.1) is 0 Å². The summed E-state index contributed by atoms with van der Waals surface area (Å²) in [5.74, 6) is 0.520. The Morgan fingerprint density at radius 3 is 2.33 bits per heavy atom. The van der Waals surface area contributed by atoms with Crippen molar-refractivity contribution in [1.29, 1.82) is 0 Å². The van der Waals surface area contributed by atoms with Gasteiger partial charge in [0.05, 0.1) is 19.8 Å². The molecule has 2 rings (SSSR count). The summed E-state index contributed by atoms with van der Waals surface area (Å²) in [5.41, 5.74) is 3.19. The van der Waals surface area contributed by atoms with Crippen LogP contribution >= 0.6 is 0 Å². The van der Waals surface area contributed by atoms with E-state index < -0.39 is 0 Å². The maximum Gasteiger partial charge on any atom is 0.319 e. The number of nitrogens with zero attached hydrogens (tertiary/aromatic N) is 2. The van der Waals surface area contributed by atoms with E-state index >= 15 is 0 Å². The highest BCUT2D eigenvalue weighted by atomic mass is 16.5. The summed E-state index contributed by atoms with van der Waals surface area (Å²) in [4.78, 5) is 8.28. The normalized spacial score (nSPS) is 10.2. The Morgan fingerprint density at radius 2 is 1.78 bits per heavy atom. The van der Waals surface area contributed by atoms with Crippen LogP contribution in [0.15, 0.2) is 30.5 Å². The van der Waals surface area contributed by atoms with Gasteiger partial charge in [-0.1, -0.05) is 31.2 Å². The second-order valence-electron chi connectivity index (χ2n) is 3.83. The van der Waals surface area contributed by atoms with Crippen molar-refractivity contribution in [3.63, 3.8) is 0 Å². The molecule has 4 heteroatoms. The number of rotatable bonds is 4. The fraction of sp³-hybridized carbons (Fsp3) is 0.286. The zero-order valence-corrected chi connectivity index (χ0v) is 10.8. The Balaban J connectivity index is 2.42. The molecule has 1 aromatic heterocycles. The SMILES string of the molecule is CCc1ccc(-c2cnc(OC)nc2OC)cc1. The quantitative estimate of drug-likeness (QED) is 0.829. The molecule has 0 N–H and O–H groups in total. The number of ether oxygens (including phenoxy) is 2. The Hall–Kier alpha value is -2.10. The third-order valence-corrected chi connectivity index (χ3v) is 2.78. The molecular formula is C14H16N2O2. The molecule has 0 saturated heterocycles. The summed E-state index contributed by atoms with van der Waals surface area (Å²) in [6.45, 7) is 2.13. The van der Waals surface area contributed by atoms with E-state index in [9.17, 15) is 0 Å². The number of aryl methyl sites for hydroxylation is 1. The van der Waals surface area contributed by atoms with Crippen molar-refractivity contribution in [2.45, 2.75) is 13.3 Å². The highest BCUT2D eigenvalue weighted by molar-refractivity contribution is 5.68. The molecule has 0 radical (unpaired) electrons. The third-order valence-electron chi connectivity index (χ3n) is 2.78. The lowest BCUT2D eigenvalue weighted by Gasteiger charge is -2.08. The molecule has 1 heterocycles. The van der Waals surface area contributed by atoms with E-state index in [1.165, 1.54) is 12.7 Å². The molecule has 18 heavy (non-hydrogen) atoms. The maximum absolute atomic E-state index is 5.27. The van der Waals surface area contributed by atoms with Crippen LogP contribution in [0.3, 0.4) is 0 Å². The minimum atomic E-state index is 0.306. The molecular weight excluding hydrogens is 228 g/mol. The zero-order chi connectivity index (χ0) is 13.0. The predicted octanol–water partition coefficient (Wildman–Crippen LogP) is 2.72. The van der Waals surface area contributed by atoms with Gasteiger partial charge in [0.15, 0.2) is 0 Å². The number of methoxy groups -OCH3 is 2. The predicted molar refractivity (Wildman–Crippen MR) is 70.0 cm³/mol. The number of benzene rings is 1. The van der Waals surface area contributed by atoms with E-state index in [2.05, 4.69) is 29.0 Å². The van der Waals surface area contributed by atoms with Crippen molar-refractivity contribution in [2.24, 2.45) is 0 Å². The lowest BCUT2D eigenvalue weighted by molar-refractivity contribution is 0.353. The van der Waals surface area contributed by atoms with Crippen molar-refractivity contribution in [3.8, 4) is 23.0 Å². The highest BCUT2D eigenvalue weighted by Gasteiger charge is 2.09. The summed E-state index contributed by atoms with van der Waals surface area (Å²) in [6, 6.07) is 8.60. The van der Waals surface area contributed by atoms with Crippen molar-refractivity contribution in [3.05, 3.63) is 36.0 Å². The smallest absolute Gasteiger partial charge is 0.319 e. The summed E-state index contributed by atoms with van der Waals surface area (Å²) in [6.07, 6.45) is 2.74. The molecule has 2 aromatic rings. The lowest BCUT2D eigenvalue weighted by Crippen LogP contribution is -1.97. The van der Waals surface area contributed by atoms with Crippen molar-refractivity contribution < 1.29 is 9.47 Å². The van der Waals surface area contributed by atoms with Crippen LogP contribution < -0.4 is 9.47 Å². The Morgan fingerprint density at radius 1 is 1.06 bits per heavy atom. The molecule has 0 aliphatic heterocycles. The summed E-state index contributed by atoms with van der Waals surface area (Å²) >= 11 is 0. The van der Waals surface area contributed by atoms with Gasteiger partial charge < -0.3 is 9.47 Å². The van der Waals surface area contributed by atoms with Crippen molar-refractivity contribution in [2.75, 3.05) is 14.2 Å². The van der Waals surface area contributed by atoms with Gasteiger partial charge in [-0.25, -0.2) is 4.98 Å². The van der Waals surface area contributed by atoms with E-state index in [1.807, 2.05) is 12.1 Å². The van der Waals surface area contributed by atoms with Gasteiger partial charge in [-0.15, -0.1) is 0 Å². The van der Waals surface area contributed by atoms with Gasteiger partial charge >= 0.3 is 6.01 Å². The Labute approximate surface area is 107 Å². The Kier molecular flexibility index (Phi) is 3.77. The standard InChI is InChI=1S/C14H16N2O2/c1-4-10-5-7-11(8-6-10)12-9-15-14(18-3)16-13(12)17-2/h5-9H,4H2,1-3H3. The minimum Gasteiger partial charge on any atom is -0.480 e. The molecule has 4 nitrogen and oxygen atoms in total. The minimum absolute atomic E-state index is 0.306. The molecule has 0 atom stereocenters. The van der Waals surface area contributed by atoms with Crippen molar-refractivity contribution in [1.82, 2.24) is 9.97 Å². The average molecular weight is 244 g/mol. The van der Waals surface area contributed by atoms with Crippen LogP contribution in [0.5, 0.6) is 11.9 Å². The van der Waals surface area contributed by atoms with E-state index in [0.717, 1.165) is 17.5 Å². The second-order valence-corrected chi connectivity index (χ2v) is 3.83. The van der Waals surface area contributed by atoms with E-state index in [1.54, 1.807) is 13.3 Å². The first-order valence-electron chi connectivity index (χ1n) is 5.82. The number of aromatic nitrogens is 2.